The lowest BCUT2D eigenvalue weighted by molar-refractivity contribution is 0.0955. The van der Waals surface area contributed by atoms with Gasteiger partial charge in [-0.25, -0.2) is 5.43 Å². The van der Waals surface area contributed by atoms with E-state index in [1.807, 2.05) is 31.2 Å². The van der Waals surface area contributed by atoms with Crippen molar-refractivity contribution in [3.8, 4) is 5.75 Å². The minimum Gasteiger partial charge on any atom is -0.508 e. The van der Waals surface area contributed by atoms with Gasteiger partial charge in [0.05, 0.1) is 11.7 Å². The molecule has 1 amide bonds. The first kappa shape index (κ1) is 14.7. The quantitative estimate of drug-likeness (QED) is 0.577. The number of amides is 1. The van der Waals surface area contributed by atoms with Gasteiger partial charge in [-0.15, -0.1) is 0 Å². The van der Waals surface area contributed by atoms with Crippen molar-refractivity contribution in [3.05, 3.63) is 71.4 Å². The smallest absolute Gasteiger partial charge is 0.271 e. The summed E-state index contributed by atoms with van der Waals surface area (Å²) in [6, 6.07) is 13.7. The minimum absolute atomic E-state index is 0.115. The van der Waals surface area contributed by atoms with Gasteiger partial charge in [0.15, 0.2) is 0 Å². The number of aryl methyl sites for hydroxylation is 1. The number of hydrogen-bond donors (Lipinski definition) is 2. The van der Waals surface area contributed by atoms with Crippen LogP contribution in [-0.2, 0) is 0 Å². The molecule has 5 heteroatoms. The molecule has 0 spiro atoms. The Hall–Kier alpha value is -3.21. The van der Waals surface area contributed by atoms with Crippen molar-refractivity contribution in [3.63, 3.8) is 0 Å². The molecule has 2 aromatic carbocycles. The van der Waals surface area contributed by atoms with Crippen molar-refractivity contribution in [2.45, 2.75) is 6.92 Å². The SMILES string of the molecule is Cc1ccc(/C=N/NC(=O)c2ccc(O)cc2)c2cccnc12. The first-order valence-electron chi connectivity index (χ1n) is 7.12. The third-order valence-corrected chi connectivity index (χ3v) is 3.50. The fourth-order valence-corrected chi connectivity index (χ4v) is 2.29. The van der Waals surface area contributed by atoms with Gasteiger partial charge in [0.25, 0.3) is 5.91 Å². The molecule has 0 atom stereocenters. The van der Waals surface area contributed by atoms with Gasteiger partial charge in [0.1, 0.15) is 5.75 Å². The molecule has 1 aromatic heterocycles. The Morgan fingerprint density at radius 2 is 1.96 bits per heavy atom. The Kier molecular flexibility index (Phi) is 4.01. The van der Waals surface area contributed by atoms with E-state index < -0.39 is 0 Å². The molecule has 0 radical (unpaired) electrons. The maximum atomic E-state index is 11.9. The monoisotopic (exact) mass is 305 g/mol. The highest BCUT2D eigenvalue weighted by Gasteiger charge is 2.05. The summed E-state index contributed by atoms with van der Waals surface area (Å²) in [4.78, 5) is 16.3. The predicted molar refractivity (Wildman–Crippen MR) is 89.6 cm³/mol. The Morgan fingerprint density at radius 3 is 2.74 bits per heavy atom. The number of fused-ring (bicyclic) bond motifs is 1. The molecular formula is C18H15N3O2. The van der Waals surface area contributed by atoms with Crippen molar-refractivity contribution in [1.82, 2.24) is 10.4 Å². The third kappa shape index (κ3) is 3.18. The summed E-state index contributed by atoms with van der Waals surface area (Å²) in [7, 11) is 0. The number of benzene rings is 2. The van der Waals surface area contributed by atoms with Crippen LogP contribution in [0.2, 0.25) is 0 Å². The Bertz CT molecular complexity index is 886. The van der Waals surface area contributed by atoms with E-state index in [-0.39, 0.29) is 11.7 Å². The van der Waals surface area contributed by atoms with Crippen LogP contribution in [0.1, 0.15) is 21.5 Å². The number of carbonyl (C=O) groups is 1. The van der Waals surface area contributed by atoms with E-state index in [0.29, 0.717) is 5.56 Å². The van der Waals surface area contributed by atoms with Crippen LogP contribution >= 0.6 is 0 Å². The Labute approximate surface area is 133 Å². The lowest BCUT2D eigenvalue weighted by atomic mass is 10.1. The zero-order valence-corrected chi connectivity index (χ0v) is 12.5. The van der Waals surface area contributed by atoms with Gasteiger partial charge in [-0.3, -0.25) is 9.78 Å². The average molecular weight is 305 g/mol. The van der Waals surface area contributed by atoms with Crippen LogP contribution in [-0.4, -0.2) is 22.2 Å². The van der Waals surface area contributed by atoms with E-state index in [0.717, 1.165) is 22.0 Å². The number of hydrazone groups is 1. The van der Waals surface area contributed by atoms with Crippen LogP contribution in [0.4, 0.5) is 0 Å². The van der Waals surface area contributed by atoms with Crippen LogP contribution in [0.5, 0.6) is 5.75 Å². The molecule has 23 heavy (non-hydrogen) atoms. The second kappa shape index (κ2) is 6.27. The van der Waals surface area contributed by atoms with E-state index >= 15 is 0 Å². The van der Waals surface area contributed by atoms with E-state index in [1.54, 1.807) is 12.4 Å². The standard InChI is InChI=1S/C18H15N3O2/c1-12-4-5-14(16-3-2-10-19-17(12)16)11-20-21-18(23)13-6-8-15(22)9-7-13/h2-11,22H,1H3,(H,21,23)/b20-11+. The Balaban J connectivity index is 1.80. The van der Waals surface area contributed by atoms with Crippen LogP contribution in [0.3, 0.4) is 0 Å². The first-order valence-corrected chi connectivity index (χ1v) is 7.12. The highest BCUT2D eigenvalue weighted by Crippen LogP contribution is 2.18. The fraction of sp³-hybridized carbons (Fsp3) is 0.0556. The molecule has 0 aliphatic carbocycles. The summed E-state index contributed by atoms with van der Waals surface area (Å²) in [5.41, 5.74) is 5.79. The molecule has 3 rings (SSSR count). The number of phenolic OH excluding ortho intramolecular Hbond substituents is 1. The van der Waals surface area contributed by atoms with Gasteiger partial charge in [0.2, 0.25) is 0 Å². The van der Waals surface area contributed by atoms with Gasteiger partial charge in [-0.1, -0.05) is 18.2 Å². The predicted octanol–water partition coefficient (Wildman–Crippen LogP) is 3.01. The molecule has 114 valence electrons. The van der Waals surface area contributed by atoms with Crippen LogP contribution in [0, 0.1) is 6.92 Å². The van der Waals surface area contributed by atoms with Crippen molar-refractivity contribution in [1.29, 1.82) is 0 Å². The zero-order valence-electron chi connectivity index (χ0n) is 12.5. The van der Waals surface area contributed by atoms with Crippen LogP contribution < -0.4 is 5.43 Å². The van der Waals surface area contributed by atoms with Gasteiger partial charge in [-0.2, -0.15) is 5.10 Å². The second-order valence-corrected chi connectivity index (χ2v) is 5.12. The highest BCUT2D eigenvalue weighted by atomic mass is 16.3. The largest absolute Gasteiger partial charge is 0.508 e. The molecule has 3 aromatic rings. The van der Waals surface area contributed by atoms with Gasteiger partial charge in [0, 0.05) is 22.7 Å². The summed E-state index contributed by atoms with van der Waals surface area (Å²) in [5.74, 6) is -0.223. The topological polar surface area (TPSA) is 74.6 Å². The number of pyridine rings is 1. The molecule has 0 saturated carbocycles. The second-order valence-electron chi connectivity index (χ2n) is 5.12. The number of rotatable bonds is 3. The number of phenols is 1. The molecule has 2 N–H and O–H groups in total. The molecule has 0 unspecified atom stereocenters. The Morgan fingerprint density at radius 1 is 1.17 bits per heavy atom. The van der Waals surface area contributed by atoms with Crippen molar-refractivity contribution < 1.29 is 9.90 Å². The maximum Gasteiger partial charge on any atom is 0.271 e. The lowest BCUT2D eigenvalue weighted by Gasteiger charge is -2.04. The number of aromatic hydroxyl groups is 1. The number of carbonyl (C=O) groups excluding carboxylic acids is 1. The fourth-order valence-electron chi connectivity index (χ4n) is 2.29. The normalized spacial score (nSPS) is 11.0. The van der Waals surface area contributed by atoms with Gasteiger partial charge < -0.3 is 5.11 Å². The van der Waals surface area contributed by atoms with Gasteiger partial charge >= 0.3 is 0 Å². The van der Waals surface area contributed by atoms with E-state index in [1.165, 1.54) is 24.3 Å². The number of hydrogen-bond acceptors (Lipinski definition) is 4. The summed E-state index contributed by atoms with van der Waals surface area (Å²) in [6.45, 7) is 2.00. The van der Waals surface area contributed by atoms with Crippen LogP contribution in [0.15, 0.2) is 59.8 Å². The summed E-state index contributed by atoms with van der Waals surface area (Å²) >= 11 is 0. The average Bonchev–Trinajstić information content (AvgIpc) is 2.58. The number of nitrogens with zero attached hydrogens (tertiary/aromatic N) is 2. The number of nitrogens with one attached hydrogen (secondary N) is 1. The lowest BCUT2D eigenvalue weighted by Crippen LogP contribution is -2.17. The van der Waals surface area contributed by atoms with Crippen molar-refractivity contribution in [2.24, 2.45) is 5.10 Å². The summed E-state index contributed by atoms with van der Waals surface area (Å²) in [5, 5.41) is 14.2. The van der Waals surface area contributed by atoms with E-state index in [2.05, 4.69) is 15.5 Å². The minimum atomic E-state index is -0.337. The molecule has 1 heterocycles. The highest BCUT2D eigenvalue weighted by molar-refractivity contribution is 6.00. The molecule has 5 nitrogen and oxygen atoms in total. The summed E-state index contributed by atoms with van der Waals surface area (Å²) < 4.78 is 0. The molecular weight excluding hydrogens is 290 g/mol. The van der Waals surface area contributed by atoms with Gasteiger partial charge in [-0.05, 0) is 42.8 Å². The van der Waals surface area contributed by atoms with Crippen LogP contribution in [0.25, 0.3) is 10.9 Å². The van der Waals surface area contributed by atoms with E-state index in [4.69, 9.17) is 0 Å². The molecule has 0 aliphatic rings. The molecule has 0 bridgehead atoms. The van der Waals surface area contributed by atoms with Crippen molar-refractivity contribution in [2.75, 3.05) is 0 Å². The zero-order chi connectivity index (χ0) is 16.2. The summed E-state index contributed by atoms with van der Waals surface area (Å²) in [6.07, 6.45) is 3.35. The molecule has 0 aliphatic heterocycles. The first-order chi connectivity index (χ1) is 11.1. The van der Waals surface area contributed by atoms with E-state index in [9.17, 15) is 9.90 Å². The maximum absolute atomic E-state index is 11.9. The number of aromatic nitrogens is 1. The van der Waals surface area contributed by atoms with Crippen molar-refractivity contribution >= 4 is 23.0 Å². The molecule has 0 fully saturated rings. The molecule has 0 saturated heterocycles. The third-order valence-electron chi connectivity index (χ3n) is 3.50.